The molecule has 3 aromatic rings. The molecule has 3 heteroatoms. The number of nitrogens with zero attached hydrogens (tertiary/aromatic N) is 1. The number of fused-ring (bicyclic) bond motifs is 1. The lowest BCUT2D eigenvalue weighted by molar-refractivity contribution is 0.164. The topological polar surface area (TPSA) is 40.2 Å². The molecule has 0 amide bonds. The molecule has 1 aromatic heterocycles. The zero-order valence-corrected chi connectivity index (χ0v) is 15.0. The molecule has 0 radical (unpaired) electrons. The van der Waals surface area contributed by atoms with E-state index in [-0.39, 0.29) is 11.5 Å². The van der Waals surface area contributed by atoms with Crippen molar-refractivity contribution in [1.82, 2.24) is 4.90 Å². The van der Waals surface area contributed by atoms with Crippen LogP contribution >= 0.6 is 0 Å². The highest BCUT2D eigenvalue weighted by atomic mass is 16.3. The van der Waals surface area contributed by atoms with Crippen molar-refractivity contribution in [2.24, 2.45) is 5.92 Å². The monoisotopic (exact) mass is 332 g/mol. The van der Waals surface area contributed by atoms with Crippen LogP contribution in [-0.2, 0) is 5.54 Å². The molecule has 1 aliphatic rings. The first-order valence-electron chi connectivity index (χ1n) is 8.88. The van der Waals surface area contributed by atoms with Crippen LogP contribution in [0, 0.1) is 11.3 Å². The molecule has 1 fully saturated rings. The van der Waals surface area contributed by atoms with E-state index in [1.54, 1.807) is 0 Å². The van der Waals surface area contributed by atoms with Gasteiger partial charge in [-0.25, -0.2) is 0 Å². The molecule has 4 rings (SSSR count). The SMILES string of the molecule is CC(C)C1(c2ccccc2)C(=N)C(c2occ3ccccc23)CN1C. The average Bonchev–Trinajstić information content (AvgIpc) is 3.15. The third-order valence-corrected chi connectivity index (χ3v) is 5.72. The first-order valence-corrected chi connectivity index (χ1v) is 8.88. The van der Waals surface area contributed by atoms with Gasteiger partial charge in [0, 0.05) is 23.0 Å². The van der Waals surface area contributed by atoms with Gasteiger partial charge in [0.2, 0.25) is 0 Å². The Hall–Kier alpha value is -2.39. The second kappa shape index (κ2) is 5.85. The summed E-state index contributed by atoms with van der Waals surface area (Å²) < 4.78 is 5.96. The normalized spacial score (nSPS) is 24.5. The van der Waals surface area contributed by atoms with Crippen LogP contribution in [0.2, 0.25) is 0 Å². The van der Waals surface area contributed by atoms with E-state index in [1.165, 1.54) is 5.56 Å². The Morgan fingerprint density at radius 1 is 1.08 bits per heavy atom. The van der Waals surface area contributed by atoms with E-state index in [0.29, 0.717) is 5.92 Å². The van der Waals surface area contributed by atoms with E-state index in [0.717, 1.165) is 28.8 Å². The van der Waals surface area contributed by atoms with Crippen LogP contribution < -0.4 is 0 Å². The molecule has 0 bridgehead atoms. The molecule has 0 saturated carbocycles. The van der Waals surface area contributed by atoms with Gasteiger partial charge in [-0.3, -0.25) is 4.90 Å². The summed E-state index contributed by atoms with van der Waals surface area (Å²) in [6.07, 6.45) is 1.82. The van der Waals surface area contributed by atoms with Gasteiger partial charge < -0.3 is 9.83 Å². The van der Waals surface area contributed by atoms with Crippen molar-refractivity contribution in [3.8, 4) is 0 Å². The zero-order chi connectivity index (χ0) is 17.6. The molecule has 128 valence electrons. The number of hydrogen-bond donors (Lipinski definition) is 1. The molecule has 0 aliphatic carbocycles. The summed E-state index contributed by atoms with van der Waals surface area (Å²) in [5.41, 5.74) is 1.53. The van der Waals surface area contributed by atoms with Gasteiger partial charge in [-0.2, -0.15) is 0 Å². The van der Waals surface area contributed by atoms with Gasteiger partial charge in [0.1, 0.15) is 5.76 Å². The van der Waals surface area contributed by atoms with E-state index in [1.807, 2.05) is 24.5 Å². The molecule has 0 spiro atoms. The zero-order valence-electron chi connectivity index (χ0n) is 15.0. The van der Waals surface area contributed by atoms with Crippen molar-refractivity contribution in [1.29, 1.82) is 5.41 Å². The third kappa shape index (κ3) is 2.19. The summed E-state index contributed by atoms with van der Waals surface area (Å²) in [6, 6.07) is 18.7. The number of likely N-dealkylation sites (N-methyl/N-ethyl adjacent to an activating group) is 1. The summed E-state index contributed by atoms with van der Waals surface area (Å²) >= 11 is 0. The molecular formula is C22H24N2O. The Morgan fingerprint density at radius 2 is 1.76 bits per heavy atom. The molecule has 25 heavy (non-hydrogen) atoms. The fraction of sp³-hybridized carbons (Fsp3) is 0.318. The molecule has 2 atom stereocenters. The van der Waals surface area contributed by atoms with Crippen LogP contribution in [0.4, 0.5) is 0 Å². The molecule has 1 N–H and O–H groups in total. The minimum Gasteiger partial charge on any atom is -0.467 e. The number of benzene rings is 2. The maximum atomic E-state index is 9.16. The van der Waals surface area contributed by atoms with E-state index in [9.17, 15) is 0 Å². The summed E-state index contributed by atoms with van der Waals surface area (Å²) in [5.74, 6) is 1.19. The lowest BCUT2D eigenvalue weighted by Crippen LogP contribution is -2.48. The largest absolute Gasteiger partial charge is 0.467 e. The van der Waals surface area contributed by atoms with Crippen LogP contribution in [-0.4, -0.2) is 24.2 Å². The fourth-order valence-electron chi connectivity index (χ4n) is 4.63. The van der Waals surface area contributed by atoms with Gasteiger partial charge in [-0.1, -0.05) is 68.4 Å². The summed E-state index contributed by atoms with van der Waals surface area (Å²) in [7, 11) is 2.13. The van der Waals surface area contributed by atoms with E-state index in [2.05, 4.69) is 62.2 Å². The second-order valence-electron chi connectivity index (χ2n) is 7.32. The average molecular weight is 332 g/mol. The standard InChI is InChI=1S/C22H24N2O/c1-15(2)22(17-10-5-4-6-11-17)21(23)19(13-24(22)3)20-18-12-8-7-9-16(18)14-25-20/h4-12,14-15,19,23H,13H2,1-3H3. The molecular weight excluding hydrogens is 308 g/mol. The van der Waals surface area contributed by atoms with Crippen LogP contribution in [0.5, 0.6) is 0 Å². The lowest BCUT2D eigenvalue weighted by atomic mass is 9.74. The molecule has 1 saturated heterocycles. The molecule has 2 aromatic carbocycles. The van der Waals surface area contributed by atoms with Crippen LogP contribution in [0.3, 0.4) is 0 Å². The highest BCUT2D eigenvalue weighted by Crippen LogP contribution is 2.47. The van der Waals surface area contributed by atoms with E-state index < -0.39 is 0 Å². The van der Waals surface area contributed by atoms with Crippen molar-refractivity contribution in [2.75, 3.05) is 13.6 Å². The highest BCUT2D eigenvalue weighted by molar-refractivity contribution is 6.02. The first kappa shape index (κ1) is 16.1. The number of hydrogen-bond acceptors (Lipinski definition) is 3. The second-order valence-corrected chi connectivity index (χ2v) is 7.32. The van der Waals surface area contributed by atoms with Crippen molar-refractivity contribution in [3.63, 3.8) is 0 Å². The van der Waals surface area contributed by atoms with Gasteiger partial charge in [0.05, 0.1) is 17.7 Å². The summed E-state index contributed by atoms with van der Waals surface area (Å²) in [6.45, 7) is 5.21. The molecule has 3 nitrogen and oxygen atoms in total. The van der Waals surface area contributed by atoms with Gasteiger partial charge in [-0.15, -0.1) is 0 Å². The fourth-order valence-corrected chi connectivity index (χ4v) is 4.63. The smallest absolute Gasteiger partial charge is 0.121 e. The van der Waals surface area contributed by atoms with Gasteiger partial charge in [0.25, 0.3) is 0 Å². The minimum absolute atomic E-state index is 0.0208. The number of furan rings is 1. The number of rotatable bonds is 3. The Bertz CT molecular complexity index is 912. The lowest BCUT2D eigenvalue weighted by Gasteiger charge is -2.40. The predicted octanol–water partition coefficient (Wildman–Crippen LogP) is 5.03. The van der Waals surface area contributed by atoms with Crippen LogP contribution in [0.15, 0.2) is 65.3 Å². The molecule has 2 heterocycles. The van der Waals surface area contributed by atoms with Crippen LogP contribution in [0.1, 0.15) is 31.1 Å². The molecule has 1 aliphatic heterocycles. The Morgan fingerprint density at radius 3 is 2.48 bits per heavy atom. The Labute approximate surface area is 148 Å². The number of likely N-dealkylation sites (tertiary alicyclic amines) is 1. The Kier molecular flexibility index (Phi) is 3.77. The van der Waals surface area contributed by atoms with Crippen LogP contribution in [0.25, 0.3) is 10.8 Å². The number of nitrogens with one attached hydrogen (secondary N) is 1. The Balaban J connectivity index is 1.86. The summed E-state index contributed by atoms with van der Waals surface area (Å²) in [5, 5.41) is 11.4. The van der Waals surface area contributed by atoms with Gasteiger partial charge in [0.15, 0.2) is 0 Å². The molecule has 2 unspecified atom stereocenters. The predicted molar refractivity (Wildman–Crippen MR) is 102 cm³/mol. The quantitative estimate of drug-likeness (QED) is 0.730. The van der Waals surface area contributed by atoms with Crippen molar-refractivity contribution in [3.05, 3.63) is 72.2 Å². The van der Waals surface area contributed by atoms with Crippen molar-refractivity contribution < 1.29 is 4.42 Å². The van der Waals surface area contributed by atoms with E-state index >= 15 is 0 Å². The maximum absolute atomic E-state index is 9.16. The highest BCUT2D eigenvalue weighted by Gasteiger charge is 2.53. The third-order valence-electron chi connectivity index (χ3n) is 5.72. The summed E-state index contributed by atoms with van der Waals surface area (Å²) in [4.78, 5) is 2.33. The maximum Gasteiger partial charge on any atom is 0.121 e. The van der Waals surface area contributed by atoms with Crippen molar-refractivity contribution in [2.45, 2.75) is 25.3 Å². The minimum atomic E-state index is -0.389. The van der Waals surface area contributed by atoms with Crippen molar-refractivity contribution >= 4 is 16.5 Å². The van der Waals surface area contributed by atoms with E-state index in [4.69, 9.17) is 9.83 Å². The van der Waals surface area contributed by atoms with Gasteiger partial charge in [-0.05, 0) is 18.5 Å². The first-order chi connectivity index (χ1) is 12.1. The van der Waals surface area contributed by atoms with Gasteiger partial charge >= 0.3 is 0 Å².